The second-order valence-corrected chi connectivity index (χ2v) is 5.11. The molecule has 0 bridgehead atoms. The summed E-state index contributed by atoms with van der Waals surface area (Å²) in [5, 5.41) is 0. The van der Waals surface area contributed by atoms with Gasteiger partial charge in [0.1, 0.15) is 0 Å². The fourth-order valence-electron chi connectivity index (χ4n) is 2.57. The summed E-state index contributed by atoms with van der Waals surface area (Å²) < 4.78 is 5.32. The third-order valence-electron chi connectivity index (χ3n) is 3.72. The summed E-state index contributed by atoms with van der Waals surface area (Å²) in [7, 11) is 0. The van der Waals surface area contributed by atoms with E-state index in [4.69, 9.17) is 9.57 Å². The summed E-state index contributed by atoms with van der Waals surface area (Å²) in [5.41, 5.74) is 3.24. The van der Waals surface area contributed by atoms with Gasteiger partial charge in [0, 0.05) is 25.7 Å². The molecule has 1 heterocycles. The maximum Gasteiger partial charge on any atom is 0.0809 e. The molecule has 0 aromatic carbocycles. The molecule has 1 saturated carbocycles. The first kappa shape index (κ1) is 13.3. The van der Waals surface area contributed by atoms with Gasteiger partial charge in [-0.1, -0.05) is 25.7 Å². The predicted octanol–water partition coefficient (Wildman–Crippen LogP) is 1.56. The van der Waals surface area contributed by atoms with Crippen molar-refractivity contribution < 1.29 is 9.57 Å². The quantitative estimate of drug-likeness (QED) is 0.451. The molecule has 0 unspecified atom stereocenters. The van der Waals surface area contributed by atoms with E-state index in [0.29, 0.717) is 6.04 Å². The van der Waals surface area contributed by atoms with Crippen LogP contribution in [0, 0.1) is 0 Å². The van der Waals surface area contributed by atoms with E-state index in [9.17, 15) is 0 Å². The van der Waals surface area contributed by atoms with Crippen LogP contribution in [0.2, 0.25) is 0 Å². The fraction of sp³-hybridized carbons (Fsp3) is 1.00. The smallest absolute Gasteiger partial charge is 0.0809 e. The Morgan fingerprint density at radius 3 is 2.47 bits per heavy atom. The molecule has 2 fully saturated rings. The number of nitrogens with one attached hydrogen (secondary N) is 1. The van der Waals surface area contributed by atoms with E-state index in [2.05, 4.69) is 10.4 Å². The number of hydrogen-bond donors (Lipinski definition) is 1. The molecular weight excluding hydrogens is 216 g/mol. The Balaban J connectivity index is 1.49. The van der Waals surface area contributed by atoms with E-state index in [1.54, 1.807) is 0 Å². The zero-order valence-corrected chi connectivity index (χ0v) is 10.8. The Labute approximate surface area is 105 Å². The standard InChI is InChI=1S/C13H26N2O2/c1-2-4-6-13(5-3-1)14-17-12-9-15-7-10-16-11-8-15/h13-14H,1-12H2. The molecule has 2 aliphatic rings. The monoisotopic (exact) mass is 242 g/mol. The molecule has 0 atom stereocenters. The van der Waals surface area contributed by atoms with Gasteiger partial charge < -0.3 is 9.57 Å². The summed E-state index contributed by atoms with van der Waals surface area (Å²) in [4.78, 5) is 8.00. The van der Waals surface area contributed by atoms with Crippen molar-refractivity contribution >= 4 is 0 Å². The van der Waals surface area contributed by atoms with E-state index in [1.807, 2.05) is 0 Å². The maximum absolute atomic E-state index is 5.60. The Morgan fingerprint density at radius 1 is 1.06 bits per heavy atom. The molecule has 0 amide bonds. The highest BCUT2D eigenvalue weighted by molar-refractivity contribution is 4.67. The first-order chi connectivity index (χ1) is 8.45. The molecule has 2 rings (SSSR count). The minimum absolute atomic E-state index is 0.585. The summed E-state index contributed by atoms with van der Waals surface area (Å²) in [6.07, 6.45) is 8.04. The molecule has 1 aliphatic heterocycles. The minimum Gasteiger partial charge on any atom is -0.379 e. The lowest BCUT2D eigenvalue weighted by molar-refractivity contribution is -0.0185. The van der Waals surface area contributed by atoms with E-state index in [-0.39, 0.29) is 0 Å². The molecule has 0 radical (unpaired) electrons. The third-order valence-corrected chi connectivity index (χ3v) is 3.72. The zero-order valence-electron chi connectivity index (χ0n) is 10.8. The number of ether oxygens (including phenoxy) is 1. The predicted molar refractivity (Wildman–Crippen MR) is 67.8 cm³/mol. The van der Waals surface area contributed by atoms with E-state index in [0.717, 1.165) is 39.5 Å². The number of nitrogens with zero attached hydrogens (tertiary/aromatic N) is 1. The molecule has 0 aromatic heterocycles. The minimum atomic E-state index is 0.585. The number of hydroxylamine groups is 1. The van der Waals surface area contributed by atoms with Crippen molar-refractivity contribution in [1.82, 2.24) is 10.4 Å². The van der Waals surface area contributed by atoms with Gasteiger partial charge in [0.25, 0.3) is 0 Å². The van der Waals surface area contributed by atoms with Gasteiger partial charge in [-0.2, -0.15) is 5.48 Å². The van der Waals surface area contributed by atoms with Crippen molar-refractivity contribution in [3.8, 4) is 0 Å². The van der Waals surface area contributed by atoms with Crippen LogP contribution in [0.25, 0.3) is 0 Å². The topological polar surface area (TPSA) is 33.7 Å². The van der Waals surface area contributed by atoms with Crippen LogP contribution in [0.4, 0.5) is 0 Å². The van der Waals surface area contributed by atoms with Gasteiger partial charge in [-0.25, -0.2) is 0 Å². The number of hydrogen-bond acceptors (Lipinski definition) is 4. The van der Waals surface area contributed by atoms with Gasteiger partial charge in [-0.3, -0.25) is 4.90 Å². The van der Waals surface area contributed by atoms with Crippen LogP contribution in [0.3, 0.4) is 0 Å². The fourth-order valence-corrected chi connectivity index (χ4v) is 2.57. The second-order valence-electron chi connectivity index (χ2n) is 5.11. The molecule has 4 heteroatoms. The second kappa shape index (κ2) is 8.03. The SMILES string of the molecule is C1CCCC(NOCCN2CCOCC2)CC1. The Hall–Kier alpha value is -0.160. The highest BCUT2D eigenvalue weighted by atomic mass is 16.6. The van der Waals surface area contributed by atoms with Crippen LogP contribution in [0.15, 0.2) is 0 Å². The summed E-state index contributed by atoms with van der Waals surface area (Å²) in [6, 6.07) is 0.585. The van der Waals surface area contributed by atoms with Crippen LogP contribution >= 0.6 is 0 Å². The summed E-state index contributed by atoms with van der Waals surface area (Å²) in [5.74, 6) is 0. The lowest BCUT2D eigenvalue weighted by Gasteiger charge is -2.26. The average Bonchev–Trinajstić information content (AvgIpc) is 2.65. The summed E-state index contributed by atoms with van der Waals surface area (Å²) >= 11 is 0. The van der Waals surface area contributed by atoms with Gasteiger partial charge in [0.05, 0.1) is 19.8 Å². The molecule has 100 valence electrons. The molecular formula is C13H26N2O2. The molecule has 1 N–H and O–H groups in total. The Bertz CT molecular complexity index is 188. The van der Waals surface area contributed by atoms with E-state index in [1.165, 1.54) is 38.5 Å². The van der Waals surface area contributed by atoms with Crippen molar-refractivity contribution in [1.29, 1.82) is 0 Å². The van der Waals surface area contributed by atoms with Gasteiger partial charge in [-0.05, 0) is 12.8 Å². The molecule has 17 heavy (non-hydrogen) atoms. The highest BCUT2D eigenvalue weighted by Gasteiger charge is 2.13. The normalized spacial score (nSPS) is 24.7. The van der Waals surface area contributed by atoms with Crippen molar-refractivity contribution in [2.75, 3.05) is 39.5 Å². The van der Waals surface area contributed by atoms with Crippen molar-refractivity contribution in [2.24, 2.45) is 0 Å². The van der Waals surface area contributed by atoms with Crippen LogP contribution in [0.5, 0.6) is 0 Å². The number of morpholine rings is 1. The lowest BCUT2D eigenvalue weighted by atomic mass is 10.1. The van der Waals surface area contributed by atoms with Crippen LogP contribution in [-0.4, -0.2) is 50.4 Å². The highest BCUT2D eigenvalue weighted by Crippen LogP contribution is 2.16. The average molecular weight is 242 g/mol. The largest absolute Gasteiger partial charge is 0.379 e. The molecule has 1 saturated heterocycles. The first-order valence-corrected chi connectivity index (χ1v) is 7.12. The Morgan fingerprint density at radius 2 is 1.76 bits per heavy atom. The van der Waals surface area contributed by atoms with E-state index < -0.39 is 0 Å². The van der Waals surface area contributed by atoms with Crippen molar-refractivity contribution in [3.05, 3.63) is 0 Å². The molecule has 4 nitrogen and oxygen atoms in total. The third kappa shape index (κ3) is 5.34. The van der Waals surface area contributed by atoms with Gasteiger partial charge >= 0.3 is 0 Å². The van der Waals surface area contributed by atoms with Gasteiger partial charge in [0.15, 0.2) is 0 Å². The lowest BCUT2D eigenvalue weighted by Crippen LogP contribution is -2.39. The van der Waals surface area contributed by atoms with Crippen LogP contribution in [-0.2, 0) is 9.57 Å². The Kier molecular flexibility index (Phi) is 6.27. The van der Waals surface area contributed by atoms with Crippen LogP contribution < -0.4 is 5.48 Å². The molecule has 1 aliphatic carbocycles. The van der Waals surface area contributed by atoms with Crippen LogP contribution in [0.1, 0.15) is 38.5 Å². The first-order valence-electron chi connectivity index (χ1n) is 7.12. The number of rotatable bonds is 5. The van der Waals surface area contributed by atoms with E-state index >= 15 is 0 Å². The van der Waals surface area contributed by atoms with Crippen molar-refractivity contribution in [2.45, 2.75) is 44.6 Å². The van der Waals surface area contributed by atoms with Gasteiger partial charge in [-0.15, -0.1) is 0 Å². The molecule has 0 spiro atoms. The molecule has 0 aromatic rings. The zero-order chi connectivity index (χ0) is 11.8. The van der Waals surface area contributed by atoms with Gasteiger partial charge in [0.2, 0.25) is 0 Å². The van der Waals surface area contributed by atoms with Crippen molar-refractivity contribution in [3.63, 3.8) is 0 Å². The summed E-state index contributed by atoms with van der Waals surface area (Å²) in [6.45, 7) is 5.64. The maximum atomic E-state index is 5.60.